The smallest absolute Gasteiger partial charge is 0.234 e. The molecule has 150 valence electrons. The second-order valence-electron chi connectivity index (χ2n) is 7.43. The summed E-state index contributed by atoms with van der Waals surface area (Å²) < 4.78 is 11.6. The highest BCUT2D eigenvalue weighted by molar-refractivity contribution is 5.78. The van der Waals surface area contributed by atoms with Gasteiger partial charge in [0, 0.05) is 19.7 Å². The molecule has 27 heavy (non-hydrogen) atoms. The van der Waals surface area contributed by atoms with E-state index in [9.17, 15) is 4.79 Å². The number of ether oxygens (including phenoxy) is 2. The van der Waals surface area contributed by atoms with Crippen molar-refractivity contribution in [3.63, 3.8) is 0 Å². The third-order valence-corrected chi connectivity index (χ3v) is 5.22. The maximum absolute atomic E-state index is 12.6. The predicted molar refractivity (Wildman–Crippen MR) is 103 cm³/mol. The standard InChI is InChI=1S/C20H31N3O4/c1-22-8-2-9-23(11-10-22)13-20(25)21-18-7-12-26-15-19(18)27-17-5-3-16(14-24)4-6-17/h3-6,18-19,24H,2,7-15H2,1H3,(H,21,25). The van der Waals surface area contributed by atoms with Crippen molar-refractivity contribution in [2.24, 2.45) is 0 Å². The number of likely N-dealkylation sites (N-methyl/N-ethyl adjacent to an activating group) is 1. The molecule has 2 heterocycles. The third-order valence-electron chi connectivity index (χ3n) is 5.22. The molecular formula is C20H31N3O4. The number of aliphatic hydroxyl groups excluding tert-OH is 1. The highest BCUT2D eigenvalue weighted by Gasteiger charge is 2.29. The van der Waals surface area contributed by atoms with Crippen molar-refractivity contribution < 1.29 is 19.4 Å². The van der Waals surface area contributed by atoms with Crippen LogP contribution in [0.5, 0.6) is 5.75 Å². The lowest BCUT2D eigenvalue weighted by Crippen LogP contribution is -2.53. The second kappa shape index (κ2) is 10.0. The molecule has 1 aromatic carbocycles. The number of nitrogens with one attached hydrogen (secondary N) is 1. The van der Waals surface area contributed by atoms with E-state index in [2.05, 4.69) is 22.2 Å². The van der Waals surface area contributed by atoms with Gasteiger partial charge in [-0.15, -0.1) is 0 Å². The van der Waals surface area contributed by atoms with E-state index < -0.39 is 0 Å². The average Bonchev–Trinajstić information content (AvgIpc) is 2.88. The summed E-state index contributed by atoms with van der Waals surface area (Å²) in [5.41, 5.74) is 0.843. The Morgan fingerprint density at radius 2 is 2.07 bits per heavy atom. The third kappa shape index (κ3) is 6.17. The number of hydrogen-bond acceptors (Lipinski definition) is 6. The Morgan fingerprint density at radius 1 is 1.26 bits per heavy atom. The van der Waals surface area contributed by atoms with E-state index in [4.69, 9.17) is 14.6 Å². The van der Waals surface area contributed by atoms with Gasteiger partial charge in [0.05, 0.1) is 25.8 Å². The van der Waals surface area contributed by atoms with Crippen LogP contribution in [0.25, 0.3) is 0 Å². The SMILES string of the molecule is CN1CCCN(CC(=O)NC2CCOCC2Oc2ccc(CO)cc2)CC1. The fraction of sp³-hybridized carbons (Fsp3) is 0.650. The first-order valence-corrected chi connectivity index (χ1v) is 9.78. The summed E-state index contributed by atoms with van der Waals surface area (Å²) in [7, 11) is 2.13. The van der Waals surface area contributed by atoms with E-state index in [-0.39, 0.29) is 24.7 Å². The minimum Gasteiger partial charge on any atom is -0.486 e. The molecule has 2 fully saturated rings. The molecule has 1 amide bonds. The monoisotopic (exact) mass is 377 g/mol. The van der Waals surface area contributed by atoms with Crippen molar-refractivity contribution in [2.75, 3.05) is 53.0 Å². The number of rotatable bonds is 6. The lowest BCUT2D eigenvalue weighted by molar-refractivity contribution is -0.125. The number of carbonyl (C=O) groups is 1. The number of amides is 1. The Kier molecular flexibility index (Phi) is 7.46. The second-order valence-corrected chi connectivity index (χ2v) is 7.43. The molecule has 7 nitrogen and oxygen atoms in total. The molecule has 2 unspecified atom stereocenters. The van der Waals surface area contributed by atoms with Crippen molar-refractivity contribution >= 4 is 5.91 Å². The molecule has 2 aliphatic heterocycles. The van der Waals surface area contributed by atoms with E-state index in [0.29, 0.717) is 19.8 Å². The molecule has 0 bridgehead atoms. The van der Waals surface area contributed by atoms with Gasteiger partial charge in [0.15, 0.2) is 0 Å². The van der Waals surface area contributed by atoms with Crippen LogP contribution in [-0.4, -0.2) is 85.9 Å². The fourth-order valence-corrected chi connectivity index (χ4v) is 3.55. The van der Waals surface area contributed by atoms with E-state index in [1.165, 1.54) is 0 Å². The van der Waals surface area contributed by atoms with Crippen LogP contribution in [0.1, 0.15) is 18.4 Å². The van der Waals surface area contributed by atoms with Gasteiger partial charge in [-0.2, -0.15) is 0 Å². The van der Waals surface area contributed by atoms with Gasteiger partial charge in [-0.05, 0) is 50.7 Å². The van der Waals surface area contributed by atoms with Crippen molar-refractivity contribution in [3.8, 4) is 5.75 Å². The molecule has 2 saturated heterocycles. The molecule has 0 radical (unpaired) electrons. The molecule has 0 spiro atoms. The van der Waals surface area contributed by atoms with Crippen LogP contribution >= 0.6 is 0 Å². The molecule has 0 aromatic heterocycles. The van der Waals surface area contributed by atoms with Crippen molar-refractivity contribution in [1.29, 1.82) is 0 Å². The first-order valence-electron chi connectivity index (χ1n) is 9.78. The molecule has 3 rings (SSSR count). The number of hydrogen-bond donors (Lipinski definition) is 2. The topological polar surface area (TPSA) is 74.3 Å². The number of nitrogens with zero attached hydrogens (tertiary/aromatic N) is 2. The predicted octanol–water partition coefficient (Wildman–Crippen LogP) is 0.469. The van der Waals surface area contributed by atoms with Gasteiger partial charge < -0.3 is 24.8 Å². The minimum absolute atomic E-state index is 0.0117. The summed E-state index contributed by atoms with van der Waals surface area (Å²) in [5.74, 6) is 0.771. The van der Waals surface area contributed by atoms with Gasteiger partial charge in [-0.3, -0.25) is 9.69 Å². The van der Waals surface area contributed by atoms with Crippen molar-refractivity contribution in [1.82, 2.24) is 15.1 Å². The Hall–Kier alpha value is -1.67. The van der Waals surface area contributed by atoms with Crippen LogP contribution in [0.15, 0.2) is 24.3 Å². The summed E-state index contributed by atoms with van der Waals surface area (Å²) in [4.78, 5) is 17.1. The summed E-state index contributed by atoms with van der Waals surface area (Å²) in [6.45, 7) is 5.51. The van der Waals surface area contributed by atoms with Gasteiger partial charge in [-0.1, -0.05) is 12.1 Å². The van der Waals surface area contributed by atoms with Gasteiger partial charge in [0.25, 0.3) is 0 Å². The van der Waals surface area contributed by atoms with Gasteiger partial charge >= 0.3 is 0 Å². The zero-order valence-electron chi connectivity index (χ0n) is 16.1. The van der Waals surface area contributed by atoms with Crippen LogP contribution in [0.2, 0.25) is 0 Å². The Balaban J connectivity index is 1.52. The Bertz CT molecular complexity index is 595. The molecule has 7 heteroatoms. The van der Waals surface area contributed by atoms with Gasteiger partial charge in [-0.25, -0.2) is 0 Å². The van der Waals surface area contributed by atoms with Crippen LogP contribution in [-0.2, 0) is 16.1 Å². The van der Waals surface area contributed by atoms with Crippen molar-refractivity contribution in [2.45, 2.75) is 31.6 Å². The molecule has 0 saturated carbocycles. The largest absolute Gasteiger partial charge is 0.486 e. The number of carbonyl (C=O) groups excluding carboxylic acids is 1. The van der Waals surface area contributed by atoms with Crippen LogP contribution < -0.4 is 10.1 Å². The summed E-state index contributed by atoms with van der Waals surface area (Å²) in [5, 5.41) is 12.3. The molecule has 0 aliphatic carbocycles. The Labute approximate surface area is 161 Å². The molecular weight excluding hydrogens is 346 g/mol. The quantitative estimate of drug-likeness (QED) is 0.751. The van der Waals surface area contributed by atoms with Gasteiger partial charge in [0.1, 0.15) is 11.9 Å². The molecule has 2 N–H and O–H groups in total. The van der Waals surface area contributed by atoms with E-state index in [1.807, 2.05) is 24.3 Å². The van der Waals surface area contributed by atoms with E-state index >= 15 is 0 Å². The normalized spacial score (nSPS) is 25.0. The zero-order chi connectivity index (χ0) is 19.1. The average molecular weight is 377 g/mol. The molecule has 2 aliphatic rings. The van der Waals surface area contributed by atoms with Crippen LogP contribution in [0, 0.1) is 0 Å². The van der Waals surface area contributed by atoms with E-state index in [1.54, 1.807) is 0 Å². The minimum atomic E-state index is -0.210. The maximum atomic E-state index is 12.6. The zero-order valence-corrected chi connectivity index (χ0v) is 16.1. The molecule has 2 atom stereocenters. The van der Waals surface area contributed by atoms with Crippen molar-refractivity contribution in [3.05, 3.63) is 29.8 Å². The Morgan fingerprint density at radius 3 is 2.85 bits per heavy atom. The number of benzene rings is 1. The highest BCUT2D eigenvalue weighted by atomic mass is 16.5. The first kappa shape index (κ1) is 20.1. The lowest BCUT2D eigenvalue weighted by Gasteiger charge is -2.33. The fourth-order valence-electron chi connectivity index (χ4n) is 3.55. The summed E-state index contributed by atoms with van der Waals surface area (Å²) in [6.07, 6.45) is 1.63. The summed E-state index contributed by atoms with van der Waals surface area (Å²) >= 11 is 0. The van der Waals surface area contributed by atoms with Gasteiger partial charge in [0.2, 0.25) is 5.91 Å². The number of aliphatic hydroxyl groups is 1. The summed E-state index contributed by atoms with van der Waals surface area (Å²) in [6, 6.07) is 7.30. The lowest BCUT2D eigenvalue weighted by atomic mass is 10.1. The van der Waals surface area contributed by atoms with Crippen LogP contribution in [0.4, 0.5) is 0 Å². The maximum Gasteiger partial charge on any atom is 0.234 e. The van der Waals surface area contributed by atoms with E-state index in [0.717, 1.165) is 50.3 Å². The highest BCUT2D eigenvalue weighted by Crippen LogP contribution is 2.19. The van der Waals surface area contributed by atoms with Crippen LogP contribution in [0.3, 0.4) is 0 Å². The first-order chi connectivity index (χ1) is 13.1. The molecule has 1 aromatic rings.